The highest BCUT2D eigenvalue weighted by atomic mass is 16.5. The lowest BCUT2D eigenvalue weighted by Crippen LogP contribution is -2.29. The lowest BCUT2D eigenvalue weighted by molar-refractivity contribution is 0.417. The molecule has 0 radical (unpaired) electrons. The van der Waals surface area contributed by atoms with Crippen LogP contribution in [0, 0.1) is 11.8 Å². The van der Waals surface area contributed by atoms with E-state index in [2.05, 4.69) is 11.8 Å². The van der Waals surface area contributed by atoms with Gasteiger partial charge in [-0.05, 0) is 32.0 Å². The number of hydrogen-bond acceptors (Lipinski definition) is 3. The molecule has 0 aromatic heterocycles. The Morgan fingerprint density at radius 1 is 1.33 bits per heavy atom. The van der Waals surface area contributed by atoms with Crippen LogP contribution in [0.1, 0.15) is 19.4 Å². The second kappa shape index (κ2) is 4.24. The summed E-state index contributed by atoms with van der Waals surface area (Å²) in [6.07, 6.45) is 0. The van der Waals surface area contributed by atoms with E-state index in [4.69, 9.17) is 16.2 Å². The van der Waals surface area contributed by atoms with E-state index in [-0.39, 0.29) is 0 Å². The fraction of sp³-hybridized carbons (Fsp3) is 0.333. The smallest absolute Gasteiger partial charge is 0.142 e. The summed E-state index contributed by atoms with van der Waals surface area (Å²) >= 11 is 0. The molecule has 0 spiro atoms. The Hall–Kier alpha value is -1.66. The topological polar surface area (TPSA) is 61.3 Å². The summed E-state index contributed by atoms with van der Waals surface area (Å²) in [7, 11) is 1.58. The average molecular weight is 204 g/mol. The van der Waals surface area contributed by atoms with E-state index in [0.717, 1.165) is 5.56 Å². The summed E-state index contributed by atoms with van der Waals surface area (Å²) in [5, 5.41) is 0. The fourth-order valence-corrected chi connectivity index (χ4v) is 1.02. The summed E-state index contributed by atoms with van der Waals surface area (Å²) in [6, 6.07) is 5.41. The number of hydrogen-bond donors (Lipinski definition) is 2. The van der Waals surface area contributed by atoms with Gasteiger partial charge in [-0.3, -0.25) is 0 Å². The first-order valence-electron chi connectivity index (χ1n) is 4.68. The maximum Gasteiger partial charge on any atom is 0.142 e. The minimum absolute atomic E-state index is 0.491. The van der Waals surface area contributed by atoms with Crippen LogP contribution in [0.4, 0.5) is 5.69 Å². The van der Waals surface area contributed by atoms with Crippen molar-refractivity contribution in [2.75, 3.05) is 12.8 Å². The predicted octanol–water partition coefficient (Wildman–Crippen LogP) is 1.37. The van der Waals surface area contributed by atoms with Gasteiger partial charge in [-0.2, -0.15) is 0 Å². The molecule has 0 saturated carbocycles. The molecule has 0 saturated heterocycles. The lowest BCUT2D eigenvalue weighted by atomic mass is 10.1. The number of rotatable bonds is 1. The molecule has 0 unspecified atom stereocenters. The number of methoxy groups -OCH3 is 1. The predicted molar refractivity (Wildman–Crippen MR) is 62.6 cm³/mol. The van der Waals surface area contributed by atoms with Crippen LogP contribution in [0.15, 0.2) is 18.2 Å². The molecule has 0 heterocycles. The Balaban J connectivity index is 3.01. The molecule has 80 valence electrons. The Labute approximate surface area is 90.4 Å². The Morgan fingerprint density at radius 2 is 2.00 bits per heavy atom. The molecule has 0 aliphatic carbocycles. The van der Waals surface area contributed by atoms with Crippen LogP contribution in [0.2, 0.25) is 0 Å². The average Bonchev–Trinajstić information content (AvgIpc) is 2.15. The molecule has 3 nitrogen and oxygen atoms in total. The largest absolute Gasteiger partial charge is 0.495 e. The van der Waals surface area contributed by atoms with E-state index in [1.807, 2.05) is 19.9 Å². The van der Waals surface area contributed by atoms with Gasteiger partial charge in [0.25, 0.3) is 0 Å². The molecular weight excluding hydrogens is 188 g/mol. The molecule has 4 N–H and O–H groups in total. The highest BCUT2D eigenvalue weighted by Crippen LogP contribution is 2.21. The van der Waals surface area contributed by atoms with Gasteiger partial charge in [0.2, 0.25) is 0 Å². The molecule has 1 aromatic carbocycles. The van der Waals surface area contributed by atoms with Gasteiger partial charge in [-0.15, -0.1) is 0 Å². The summed E-state index contributed by atoms with van der Waals surface area (Å²) in [6.45, 7) is 3.71. The van der Waals surface area contributed by atoms with Crippen LogP contribution in [0.5, 0.6) is 5.75 Å². The third-order valence-corrected chi connectivity index (χ3v) is 1.76. The summed E-state index contributed by atoms with van der Waals surface area (Å²) in [5.74, 6) is 6.55. The second-order valence-electron chi connectivity index (χ2n) is 3.93. The molecule has 1 rings (SSSR count). The van der Waals surface area contributed by atoms with Gasteiger partial charge in [0, 0.05) is 5.56 Å². The number of ether oxygens (including phenoxy) is 1. The van der Waals surface area contributed by atoms with Crippen LogP contribution in [-0.4, -0.2) is 12.6 Å². The zero-order chi connectivity index (χ0) is 11.5. The summed E-state index contributed by atoms with van der Waals surface area (Å²) < 4.78 is 5.09. The van der Waals surface area contributed by atoms with Gasteiger partial charge in [-0.25, -0.2) is 0 Å². The van der Waals surface area contributed by atoms with Crippen molar-refractivity contribution in [2.45, 2.75) is 19.4 Å². The first-order chi connectivity index (χ1) is 6.92. The molecule has 0 aliphatic heterocycles. The van der Waals surface area contributed by atoms with Crippen LogP contribution in [0.3, 0.4) is 0 Å². The monoisotopic (exact) mass is 204 g/mol. The normalized spacial score (nSPS) is 10.4. The maximum absolute atomic E-state index is 5.75. The highest BCUT2D eigenvalue weighted by molar-refractivity contribution is 5.56. The highest BCUT2D eigenvalue weighted by Gasteiger charge is 2.04. The molecule has 15 heavy (non-hydrogen) atoms. The van der Waals surface area contributed by atoms with Crippen molar-refractivity contribution in [3.8, 4) is 17.6 Å². The molecule has 0 fully saturated rings. The van der Waals surface area contributed by atoms with Crippen LogP contribution >= 0.6 is 0 Å². The Bertz CT molecular complexity index is 408. The second-order valence-corrected chi connectivity index (χ2v) is 3.93. The van der Waals surface area contributed by atoms with Crippen molar-refractivity contribution in [1.29, 1.82) is 0 Å². The van der Waals surface area contributed by atoms with Gasteiger partial charge >= 0.3 is 0 Å². The molecular formula is C12H16N2O. The van der Waals surface area contributed by atoms with E-state index in [1.54, 1.807) is 19.2 Å². The van der Waals surface area contributed by atoms with Crippen molar-refractivity contribution < 1.29 is 4.74 Å². The van der Waals surface area contributed by atoms with Gasteiger partial charge in [0.05, 0.1) is 18.3 Å². The fourth-order valence-electron chi connectivity index (χ4n) is 1.02. The maximum atomic E-state index is 5.75. The SMILES string of the molecule is COc1cc(C#CC(C)(C)N)ccc1N. The van der Waals surface area contributed by atoms with E-state index in [0.29, 0.717) is 11.4 Å². The van der Waals surface area contributed by atoms with Crippen molar-refractivity contribution >= 4 is 5.69 Å². The standard InChI is InChI=1S/C12H16N2O/c1-12(2,14)7-6-9-4-5-10(13)11(8-9)15-3/h4-5,8H,13-14H2,1-3H3. The molecule has 0 amide bonds. The molecule has 0 bridgehead atoms. The van der Waals surface area contributed by atoms with Crippen molar-refractivity contribution in [3.05, 3.63) is 23.8 Å². The molecule has 3 heteroatoms. The third kappa shape index (κ3) is 3.53. The van der Waals surface area contributed by atoms with E-state index in [9.17, 15) is 0 Å². The van der Waals surface area contributed by atoms with E-state index < -0.39 is 5.54 Å². The van der Waals surface area contributed by atoms with Gasteiger partial charge < -0.3 is 16.2 Å². The number of anilines is 1. The first kappa shape index (κ1) is 11.4. The van der Waals surface area contributed by atoms with Crippen LogP contribution in [0.25, 0.3) is 0 Å². The lowest BCUT2D eigenvalue weighted by Gasteiger charge is -2.08. The van der Waals surface area contributed by atoms with Crippen molar-refractivity contribution in [3.63, 3.8) is 0 Å². The Kier molecular flexibility index (Phi) is 3.23. The molecule has 1 aromatic rings. The molecule has 0 aliphatic rings. The summed E-state index contributed by atoms with van der Waals surface area (Å²) in [4.78, 5) is 0. The first-order valence-corrected chi connectivity index (χ1v) is 4.68. The minimum atomic E-state index is -0.491. The van der Waals surface area contributed by atoms with Gasteiger partial charge in [0.1, 0.15) is 5.75 Å². The quantitative estimate of drug-likeness (QED) is 0.536. The zero-order valence-electron chi connectivity index (χ0n) is 9.29. The number of nitrogens with two attached hydrogens (primary N) is 2. The van der Waals surface area contributed by atoms with E-state index >= 15 is 0 Å². The van der Waals surface area contributed by atoms with Crippen molar-refractivity contribution in [1.82, 2.24) is 0 Å². The van der Waals surface area contributed by atoms with Gasteiger partial charge in [0.15, 0.2) is 0 Å². The summed E-state index contributed by atoms with van der Waals surface area (Å²) in [5.41, 5.74) is 12.4. The molecule has 0 atom stereocenters. The van der Waals surface area contributed by atoms with Crippen LogP contribution in [-0.2, 0) is 0 Å². The van der Waals surface area contributed by atoms with Gasteiger partial charge in [-0.1, -0.05) is 11.8 Å². The van der Waals surface area contributed by atoms with E-state index in [1.165, 1.54) is 0 Å². The third-order valence-electron chi connectivity index (χ3n) is 1.76. The zero-order valence-corrected chi connectivity index (χ0v) is 9.29. The number of benzene rings is 1. The van der Waals surface area contributed by atoms with Crippen LogP contribution < -0.4 is 16.2 Å². The minimum Gasteiger partial charge on any atom is -0.495 e. The Morgan fingerprint density at radius 3 is 2.53 bits per heavy atom. The van der Waals surface area contributed by atoms with Crippen molar-refractivity contribution in [2.24, 2.45) is 5.73 Å². The number of nitrogen functional groups attached to an aromatic ring is 1.